The number of hydrogen-bond donors (Lipinski definition) is 0. The fourth-order valence-electron chi connectivity index (χ4n) is 3.51. The van der Waals surface area contributed by atoms with Crippen molar-refractivity contribution in [1.29, 1.82) is 0 Å². The number of benzene rings is 3. The highest BCUT2D eigenvalue weighted by atomic mass is 32.2. The van der Waals surface area contributed by atoms with Gasteiger partial charge in [0.15, 0.2) is 0 Å². The zero-order chi connectivity index (χ0) is 19.2. The van der Waals surface area contributed by atoms with E-state index in [0.29, 0.717) is 0 Å². The molecular weight excluding hydrogens is 358 g/mol. The van der Waals surface area contributed by atoms with Gasteiger partial charge in [0.1, 0.15) is 0 Å². The summed E-state index contributed by atoms with van der Waals surface area (Å²) >= 11 is 1.86. The molecule has 0 radical (unpaired) electrons. The van der Waals surface area contributed by atoms with E-state index in [-0.39, 0.29) is 0 Å². The molecule has 28 heavy (non-hydrogen) atoms. The molecule has 140 valence electrons. The van der Waals surface area contributed by atoms with E-state index < -0.39 is 0 Å². The number of rotatable bonds is 5. The Bertz CT molecular complexity index is 998. The number of unbranched alkanes of at least 4 members (excludes halogenated alkanes) is 3. The van der Waals surface area contributed by atoms with Crippen LogP contribution in [0.4, 0.5) is 11.4 Å². The summed E-state index contributed by atoms with van der Waals surface area (Å²) in [6.45, 7) is 3.33. The van der Waals surface area contributed by atoms with Gasteiger partial charge in [-0.1, -0.05) is 80.1 Å². The lowest BCUT2D eigenvalue weighted by atomic mass is 10.1. The fraction of sp³-hybridized carbons (Fsp3) is 0.231. The summed E-state index contributed by atoms with van der Waals surface area (Å²) in [6, 6.07) is 25.6. The molecule has 0 amide bonds. The number of para-hydroxylation sites is 1. The normalized spacial score (nSPS) is 12.0. The monoisotopic (exact) mass is 383 g/mol. The van der Waals surface area contributed by atoms with E-state index in [1.54, 1.807) is 0 Å². The molecule has 3 aromatic carbocycles. The summed E-state index contributed by atoms with van der Waals surface area (Å²) in [7, 11) is 0. The molecule has 0 N–H and O–H groups in total. The number of anilines is 2. The largest absolute Gasteiger partial charge is 0.340 e. The molecule has 1 aliphatic heterocycles. The quantitative estimate of drug-likeness (QED) is 0.337. The molecule has 0 fully saturated rings. The summed E-state index contributed by atoms with van der Waals surface area (Å²) in [5, 5.41) is 0. The Morgan fingerprint density at radius 1 is 0.714 bits per heavy atom. The van der Waals surface area contributed by atoms with Crippen molar-refractivity contribution in [3.05, 3.63) is 83.9 Å². The van der Waals surface area contributed by atoms with Crippen LogP contribution in [-0.2, 0) is 0 Å². The van der Waals surface area contributed by atoms with Gasteiger partial charge in [-0.15, -0.1) is 0 Å². The van der Waals surface area contributed by atoms with Gasteiger partial charge < -0.3 is 4.90 Å². The standard InChI is InChI=1S/C26H25NS/c1-2-3-4-10-19-27-23-13-8-9-14-25(23)28-26-20-22(17-18-24(26)27)16-15-21-11-6-5-7-12-21/h5-9,11-14,17-18,20H,2-4,10,19H2,1H3. The predicted molar refractivity (Wildman–Crippen MR) is 121 cm³/mol. The first kappa shape index (κ1) is 18.7. The van der Waals surface area contributed by atoms with Gasteiger partial charge in [-0.2, -0.15) is 0 Å². The average molecular weight is 384 g/mol. The van der Waals surface area contributed by atoms with Gasteiger partial charge >= 0.3 is 0 Å². The molecule has 0 saturated carbocycles. The Kier molecular flexibility index (Phi) is 6.04. The van der Waals surface area contributed by atoms with E-state index in [0.717, 1.165) is 17.7 Å². The van der Waals surface area contributed by atoms with E-state index in [2.05, 4.69) is 78.3 Å². The first-order valence-corrected chi connectivity index (χ1v) is 10.9. The predicted octanol–water partition coefficient (Wildman–Crippen LogP) is 7.27. The second-order valence-corrected chi connectivity index (χ2v) is 8.16. The average Bonchev–Trinajstić information content (AvgIpc) is 2.75. The summed E-state index contributed by atoms with van der Waals surface area (Å²) in [4.78, 5) is 5.12. The molecule has 0 spiro atoms. The Hall–Kier alpha value is -2.63. The van der Waals surface area contributed by atoms with Crippen LogP contribution < -0.4 is 4.90 Å². The van der Waals surface area contributed by atoms with Crippen LogP contribution in [0.3, 0.4) is 0 Å². The molecule has 1 aliphatic rings. The van der Waals surface area contributed by atoms with Crippen LogP contribution in [0.25, 0.3) is 0 Å². The lowest BCUT2D eigenvalue weighted by Crippen LogP contribution is -2.22. The summed E-state index contributed by atoms with van der Waals surface area (Å²) in [5.74, 6) is 6.60. The van der Waals surface area contributed by atoms with Crippen molar-refractivity contribution >= 4 is 23.1 Å². The van der Waals surface area contributed by atoms with Crippen molar-refractivity contribution in [3.8, 4) is 11.8 Å². The van der Waals surface area contributed by atoms with Gasteiger partial charge in [-0.05, 0) is 48.9 Å². The molecule has 0 bridgehead atoms. The van der Waals surface area contributed by atoms with E-state index >= 15 is 0 Å². The fourth-order valence-corrected chi connectivity index (χ4v) is 4.65. The van der Waals surface area contributed by atoms with Crippen LogP contribution in [0.15, 0.2) is 82.6 Å². The zero-order valence-corrected chi connectivity index (χ0v) is 17.1. The highest BCUT2D eigenvalue weighted by molar-refractivity contribution is 7.99. The molecule has 0 atom stereocenters. The lowest BCUT2D eigenvalue weighted by molar-refractivity contribution is 0.665. The zero-order valence-electron chi connectivity index (χ0n) is 16.3. The molecule has 0 aromatic heterocycles. The lowest BCUT2D eigenvalue weighted by Gasteiger charge is -2.33. The maximum atomic E-state index is 3.33. The SMILES string of the molecule is CCCCCCN1c2ccccc2Sc2cc(C#Cc3ccccc3)ccc21. The highest BCUT2D eigenvalue weighted by Crippen LogP contribution is 2.48. The van der Waals surface area contributed by atoms with Crippen LogP contribution >= 0.6 is 11.8 Å². The van der Waals surface area contributed by atoms with Crippen molar-refractivity contribution in [3.63, 3.8) is 0 Å². The van der Waals surface area contributed by atoms with Crippen molar-refractivity contribution in [2.75, 3.05) is 11.4 Å². The van der Waals surface area contributed by atoms with E-state index in [1.807, 2.05) is 30.0 Å². The maximum Gasteiger partial charge on any atom is 0.0553 e. The summed E-state index contributed by atoms with van der Waals surface area (Å²) < 4.78 is 0. The number of fused-ring (bicyclic) bond motifs is 2. The molecule has 0 unspecified atom stereocenters. The van der Waals surface area contributed by atoms with Crippen LogP contribution in [0.1, 0.15) is 43.7 Å². The summed E-state index contributed by atoms with van der Waals surface area (Å²) in [6.07, 6.45) is 5.09. The molecule has 1 heterocycles. The van der Waals surface area contributed by atoms with Gasteiger partial charge in [0.05, 0.1) is 11.4 Å². The minimum atomic E-state index is 1.05. The first-order valence-electron chi connectivity index (χ1n) is 10.1. The summed E-state index contributed by atoms with van der Waals surface area (Å²) in [5.41, 5.74) is 4.77. The van der Waals surface area contributed by atoms with Gasteiger partial charge in [0.25, 0.3) is 0 Å². The second kappa shape index (κ2) is 9.04. The molecule has 0 saturated heterocycles. The molecule has 1 nitrogen and oxygen atoms in total. The van der Waals surface area contributed by atoms with Crippen molar-refractivity contribution in [2.24, 2.45) is 0 Å². The molecular formula is C26H25NS. The minimum Gasteiger partial charge on any atom is -0.340 e. The van der Waals surface area contributed by atoms with Crippen molar-refractivity contribution in [2.45, 2.75) is 42.4 Å². The van der Waals surface area contributed by atoms with E-state index in [4.69, 9.17) is 0 Å². The number of hydrogen-bond acceptors (Lipinski definition) is 2. The van der Waals surface area contributed by atoms with Crippen LogP contribution in [-0.4, -0.2) is 6.54 Å². The van der Waals surface area contributed by atoms with E-state index in [9.17, 15) is 0 Å². The maximum absolute atomic E-state index is 3.33. The van der Waals surface area contributed by atoms with Crippen LogP contribution in [0.5, 0.6) is 0 Å². The first-order chi connectivity index (χ1) is 13.8. The van der Waals surface area contributed by atoms with Crippen molar-refractivity contribution in [1.82, 2.24) is 0 Å². The molecule has 3 aromatic rings. The van der Waals surface area contributed by atoms with Gasteiger partial charge in [0.2, 0.25) is 0 Å². The third kappa shape index (κ3) is 4.26. The van der Waals surface area contributed by atoms with Gasteiger partial charge in [-0.3, -0.25) is 0 Å². The third-order valence-corrected chi connectivity index (χ3v) is 6.10. The topological polar surface area (TPSA) is 3.24 Å². The Balaban J connectivity index is 1.62. The molecule has 4 rings (SSSR count). The minimum absolute atomic E-state index is 1.05. The molecule has 2 heteroatoms. The van der Waals surface area contributed by atoms with Crippen molar-refractivity contribution < 1.29 is 0 Å². The van der Waals surface area contributed by atoms with Gasteiger partial charge in [-0.25, -0.2) is 0 Å². The highest BCUT2D eigenvalue weighted by Gasteiger charge is 2.22. The third-order valence-electron chi connectivity index (χ3n) is 4.99. The van der Waals surface area contributed by atoms with Crippen LogP contribution in [0, 0.1) is 11.8 Å². The van der Waals surface area contributed by atoms with Gasteiger partial charge in [0, 0.05) is 27.5 Å². The Morgan fingerprint density at radius 3 is 2.32 bits per heavy atom. The Labute approximate surface area is 172 Å². The number of nitrogens with zero attached hydrogens (tertiary/aromatic N) is 1. The van der Waals surface area contributed by atoms with Crippen LogP contribution in [0.2, 0.25) is 0 Å². The van der Waals surface area contributed by atoms with E-state index in [1.165, 1.54) is 46.8 Å². The molecule has 0 aliphatic carbocycles. The second-order valence-electron chi connectivity index (χ2n) is 7.08. The smallest absolute Gasteiger partial charge is 0.0553 e. The Morgan fingerprint density at radius 2 is 1.46 bits per heavy atom.